The zero-order valence-corrected chi connectivity index (χ0v) is 10.9. The SMILES string of the molecule is CC(NC(=O)CCCN)c1ccc(F)cc1F.Cl. The van der Waals surface area contributed by atoms with E-state index in [1.165, 1.54) is 12.1 Å². The van der Waals surface area contributed by atoms with Crippen LogP contribution >= 0.6 is 12.4 Å². The molecule has 0 aliphatic heterocycles. The highest BCUT2D eigenvalue weighted by Gasteiger charge is 2.13. The van der Waals surface area contributed by atoms with E-state index in [4.69, 9.17) is 5.73 Å². The smallest absolute Gasteiger partial charge is 0.220 e. The lowest BCUT2D eigenvalue weighted by atomic mass is 10.1. The molecule has 1 aromatic carbocycles. The largest absolute Gasteiger partial charge is 0.349 e. The Morgan fingerprint density at radius 1 is 1.44 bits per heavy atom. The molecule has 0 aliphatic carbocycles. The van der Waals surface area contributed by atoms with Gasteiger partial charge in [0.05, 0.1) is 6.04 Å². The van der Waals surface area contributed by atoms with E-state index in [0.717, 1.165) is 6.07 Å². The predicted molar refractivity (Wildman–Crippen MR) is 68.5 cm³/mol. The molecule has 0 aromatic heterocycles. The molecule has 1 aromatic rings. The molecule has 3 N–H and O–H groups in total. The molecule has 102 valence electrons. The minimum Gasteiger partial charge on any atom is -0.349 e. The van der Waals surface area contributed by atoms with Gasteiger partial charge in [-0.3, -0.25) is 4.79 Å². The van der Waals surface area contributed by atoms with Crippen LogP contribution in [0.3, 0.4) is 0 Å². The fraction of sp³-hybridized carbons (Fsp3) is 0.417. The van der Waals surface area contributed by atoms with Crippen LogP contribution in [0.1, 0.15) is 31.4 Å². The number of nitrogens with two attached hydrogens (primary N) is 1. The third-order valence-corrected chi connectivity index (χ3v) is 2.41. The molecule has 1 atom stereocenters. The molecule has 0 fully saturated rings. The van der Waals surface area contributed by atoms with Gasteiger partial charge in [-0.25, -0.2) is 8.78 Å². The number of nitrogens with one attached hydrogen (secondary N) is 1. The van der Waals surface area contributed by atoms with Gasteiger partial charge < -0.3 is 11.1 Å². The maximum atomic E-state index is 13.4. The first-order valence-corrected chi connectivity index (χ1v) is 5.49. The second-order valence-corrected chi connectivity index (χ2v) is 3.85. The van der Waals surface area contributed by atoms with Crippen molar-refractivity contribution in [2.24, 2.45) is 5.73 Å². The minimum absolute atomic E-state index is 0. The average molecular weight is 279 g/mol. The van der Waals surface area contributed by atoms with Crippen molar-refractivity contribution in [3.63, 3.8) is 0 Å². The van der Waals surface area contributed by atoms with Crippen molar-refractivity contribution >= 4 is 18.3 Å². The first-order valence-electron chi connectivity index (χ1n) is 5.49. The number of amides is 1. The van der Waals surface area contributed by atoms with E-state index in [9.17, 15) is 13.6 Å². The summed E-state index contributed by atoms with van der Waals surface area (Å²) < 4.78 is 26.1. The van der Waals surface area contributed by atoms with Gasteiger partial charge >= 0.3 is 0 Å². The van der Waals surface area contributed by atoms with Gasteiger partial charge in [0.1, 0.15) is 11.6 Å². The molecule has 18 heavy (non-hydrogen) atoms. The van der Waals surface area contributed by atoms with Gasteiger partial charge in [0.25, 0.3) is 0 Å². The van der Waals surface area contributed by atoms with Crippen LogP contribution in [0.15, 0.2) is 18.2 Å². The van der Waals surface area contributed by atoms with Gasteiger partial charge in [0, 0.05) is 18.1 Å². The Bertz CT molecular complexity index is 402. The molecule has 1 amide bonds. The Hall–Kier alpha value is -1.20. The van der Waals surface area contributed by atoms with Crippen LogP contribution in [-0.4, -0.2) is 12.5 Å². The average Bonchev–Trinajstić information content (AvgIpc) is 2.26. The highest BCUT2D eigenvalue weighted by Crippen LogP contribution is 2.17. The molecule has 0 heterocycles. The summed E-state index contributed by atoms with van der Waals surface area (Å²) in [6.45, 7) is 2.09. The lowest BCUT2D eigenvalue weighted by molar-refractivity contribution is -0.121. The molecule has 0 radical (unpaired) electrons. The van der Waals surface area contributed by atoms with E-state index >= 15 is 0 Å². The molecule has 0 bridgehead atoms. The summed E-state index contributed by atoms with van der Waals surface area (Å²) in [5.74, 6) is -1.48. The number of carbonyl (C=O) groups excluding carboxylic acids is 1. The summed E-state index contributed by atoms with van der Waals surface area (Å²) in [4.78, 5) is 11.4. The van der Waals surface area contributed by atoms with E-state index in [2.05, 4.69) is 5.32 Å². The maximum Gasteiger partial charge on any atom is 0.220 e. The van der Waals surface area contributed by atoms with Gasteiger partial charge in [0.2, 0.25) is 5.91 Å². The van der Waals surface area contributed by atoms with Crippen LogP contribution in [0.5, 0.6) is 0 Å². The predicted octanol–water partition coefficient (Wildman–Crippen LogP) is 2.30. The lowest BCUT2D eigenvalue weighted by Gasteiger charge is -2.15. The van der Waals surface area contributed by atoms with Crippen LogP contribution in [0.25, 0.3) is 0 Å². The van der Waals surface area contributed by atoms with E-state index in [1.807, 2.05) is 0 Å². The Morgan fingerprint density at radius 2 is 2.11 bits per heavy atom. The Morgan fingerprint density at radius 3 is 2.67 bits per heavy atom. The summed E-state index contributed by atoms with van der Waals surface area (Å²) in [5, 5.41) is 2.63. The molecule has 6 heteroatoms. The van der Waals surface area contributed by atoms with Gasteiger partial charge in [-0.1, -0.05) is 6.07 Å². The number of halogens is 3. The third-order valence-electron chi connectivity index (χ3n) is 2.41. The zero-order valence-electron chi connectivity index (χ0n) is 10.1. The number of benzene rings is 1. The van der Waals surface area contributed by atoms with E-state index in [-0.39, 0.29) is 23.9 Å². The maximum absolute atomic E-state index is 13.4. The van der Waals surface area contributed by atoms with Crippen molar-refractivity contribution in [3.8, 4) is 0 Å². The van der Waals surface area contributed by atoms with E-state index in [0.29, 0.717) is 19.4 Å². The summed E-state index contributed by atoms with van der Waals surface area (Å²) in [5.41, 5.74) is 5.55. The molecular formula is C12H17ClF2N2O. The Labute approximate surface area is 111 Å². The number of rotatable bonds is 5. The van der Waals surface area contributed by atoms with Crippen LogP contribution < -0.4 is 11.1 Å². The monoisotopic (exact) mass is 278 g/mol. The molecule has 1 unspecified atom stereocenters. The second kappa shape index (κ2) is 8.00. The van der Waals surface area contributed by atoms with Crippen LogP contribution in [0.2, 0.25) is 0 Å². The lowest BCUT2D eigenvalue weighted by Crippen LogP contribution is -2.27. The third kappa shape index (κ3) is 4.98. The number of carbonyl (C=O) groups is 1. The standard InChI is InChI=1S/C12H16F2N2O.ClH/c1-8(16-12(17)3-2-6-15)10-5-4-9(13)7-11(10)14;/h4-5,7-8H,2-3,6,15H2,1H3,(H,16,17);1H. The molecule has 0 saturated heterocycles. The van der Waals surface area contributed by atoms with Gasteiger partial charge in [0.15, 0.2) is 0 Å². The van der Waals surface area contributed by atoms with Crippen molar-refractivity contribution in [2.75, 3.05) is 6.54 Å². The van der Waals surface area contributed by atoms with Crippen LogP contribution in [0.4, 0.5) is 8.78 Å². The summed E-state index contributed by atoms with van der Waals surface area (Å²) in [6.07, 6.45) is 0.897. The first kappa shape index (κ1) is 16.8. The molecule has 3 nitrogen and oxygen atoms in total. The summed E-state index contributed by atoms with van der Waals surface area (Å²) in [7, 11) is 0. The quantitative estimate of drug-likeness (QED) is 0.868. The summed E-state index contributed by atoms with van der Waals surface area (Å²) in [6, 6.07) is 2.82. The Kier molecular flexibility index (Phi) is 7.47. The topological polar surface area (TPSA) is 55.1 Å². The normalized spacial score (nSPS) is 11.6. The van der Waals surface area contributed by atoms with Crippen LogP contribution in [0, 0.1) is 11.6 Å². The Balaban J connectivity index is 0.00000289. The van der Waals surface area contributed by atoms with E-state index in [1.54, 1.807) is 6.92 Å². The number of hydrogen-bond acceptors (Lipinski definition) is 2. The minimum atomic E-state index is -0.656. The van der Waals surface area contributed by atoms with E-state index < -0.39 is 17.7 Å². The fourth-order valence-electron chi connectivity index (χ4n) is 1.51. The molecule has 0 spiro atoms. The van der Waals surface area contributed by atoms with Crippen molar-refractivity contribution < 1.29 is 13.6 Å². The summed E-state index contributed by atoms with van der Waals surface area (Å²) >= 11 is 0. The van der Waals surface area contributed by atoms with Crippen LogP contribution in [-0.2, 0) is 4.79 Å². The van der Waals surface area contributed by atoms with Crippen molar-refractivity contribution in [1.82, 2.24) is 5.32 Å². The molecular weight excluding hydrogens is 262 g/mol. The second-order valence-electron chi connectivity index (χ2n) is 3.85. The highest BCUT2D eigenvalue weighted by atomic mass is 35.5. The zero-order chi connectivity index (χ0) is 12.8. The van der Waals surface area contributed by atoms with Gasteiger partial charge in [-0.15, -0.1) is 12.4 Å². The van der Waals surface area contributed by atoms with Crippen molar-refractivity contribution in [3.05, 3.63) is 35.4 Å². The van der Waals surface area contributed by atoms with Gasteiger partial charge in [-0.2, -0.15) is 0 Å². The first-order chi connectivity index (χ1) is 8.04. The van der Waals surface area contributed by atoms with Crippen molar-refractivity contribution in [1.29, 1.82) is 0 Å². The van der Waals surface area contributed by atoms with Crippen molar-refractivity contribution in [2.45, 2.75) is 25.8 Å². The molecule has 0 saturated carbocycles. The molecule has 0 aliphatic rings. The molecule has 1 rings (SSSR count). The highest BCUT2D eigenvalue weighted by molar-refractivity contribution is 5.85. The van der Waals surface area contributed by atoms with Gasteiger partial charge in [-0.05, 0) is 26.0 Å². The number of hydrogen-bond donors (Lipinski definition) is 2. The fourth-order valence-corrected chi connectivity index (χ4v) is 1.51.